The van der Waals surface area contributed by atoms with Crippen molar-refractivity contribution in [3.05, 3.63) is 18.5 Å². The summed E-state index contributed by atoms with van der Waals surface area (Å²) in [5.74, 6) is 0. The van der Waals surface area contributed by atoms with Crippen LogP contribution in [0.25, 0.3) is 0 Å². The second-order valence-electron chi connectivity index (χ2n) is 3.00. The highest BCUT2D eigenvalue weighted by atomic mass is 15.1. The lowest BCUT2D eigenvalue weighted by Crippen LogP contribution is -2.16. The molecule has 0 bridgehead atoms. The third-order valence-corrected chi connectivity index (χ3v) is 1.74. The molecule has 0 aliphatic heterocycles. The molecule has 0 radical (unpaired) electrons. The van der Waals surface area contributed by atoms with Gasteiger partial charge in [-0.3, -0.25) is 4.98 Å². The van der Waals surface area contributed by atoms with Gasteiger partial charge in [0.2, 0.25) is 0 Å². The Kier molecular flexibility index (Phi) is 3.52. The highest BCUT2D eigenvalue weighted by molar-refractivity contribution is 5.67. The molecule has 13 heavy (non-hydrogen) atoms. The van der Waals surface area contributed by atoms with Gasteiger partial charge in [-0.15, -0.1) is 0 Å². The van der Waals surface area contributed by atoms with Crippen molar-refractivity contribution in [2.75, 3.05) is 37.4 Å². The predicted molar refractivity (Wildman–Crippen MR) is 56.1 cm³/mol. The van der Waals surface area contributed by atoms with Crippen molar-refractivity contribution < 1.29 is 0 Å². The number of nitrogens with one attached hydrogen (secondary N) is 1. The normalized spacial score (nSPS) is 9.77. The molecule has 0 saturated heterocycles. The van der Waals surface area contributed by atoms with Crippen molar-refractivity contribution in [1.82, 2.24) is 4.98 Å². The van der Waals surface area contributed by atoms with E-state index in [1.54, 1.807) is 6.20 Å². The molecule has 3 N–H and O–H groups in total. The zero-order chi connectivity index (χ0) is 9.68. The van der Waals surface area contributed by atoms with Crippen molar-refractivity contribution in [3.63, 3.8) is 0 Å². The average Bonchev–Trinajstić information content (AvgIpc) is 2.15. The smallest absolute Gasteiger partial charge is 0.0764 e. The van der Waals surface area contributed by atoms with Gasteiger partial charge in [0, 0.05) is 33.4 Å². The number of aromatic nitrogens is 1. The number of rotatable bonds is 4. The minimum atomic E-state index is 0.627. The summed E-state index contributed by atoms with van der Waals surface area (Å²) < 4.78 is 0. The van der Waals surface area contributed by atoms with Crippen molar-refractivity contribution in [2.24, 2.45) is 5.73 Å². The first kappa shape index (κ1) is 9.80. The third kappa shape index (κ3) is 2.59. The van der Waals surface area contributed by atoms with Crippen LogP contribution < -0.4 is 16.0 Å². The van der Waals surface area contributed by atoms with Crippen LogP contribution in [0.5, 0.6) is 0 Å². The molecule has 1 heterocycles. The Morgan fingerprint density at radius 1 is 1.54 bits per heavy atom. The Labute approximate surface area is 78.8 Å². The molecule has 0 aromatic carbocycles. The highest BCUT2D eigenvalue weighted by Crippen LogP contribution is 2.21. The highest BCUT2D eigenvalue weighted by Gasteiger charge is 2.01. The molecule has 0 spiro atoms. The minimum Gasteiger partial charge on any atom is -0.381 e. The van der Waals surface area contributed by atoms with Crippen molar-refractivity contribution in [3.8, 4) is 0 Å². The summed E-state index contributed by atoms with van der Waals surface area (Å²) in [7, 11) is 4.01. The van der Waals surface area contributed by atoms with Crippen LogP contribution in [0.2, 0.25) is 0 Å². The van der Waals surface area contributed by atoms with Crippen LogP contribution >= 0.6 is 0 Å². The molecule has 0 aliphatic rings. The van der Waals surface area contributed by atoms with E-state index in [1.807, 2.05) is 31.3 Å². The molecule has 0 unspecified atom stereocenters. The molecule has 0 saturated carbocycles. The molecule has 4 nitrogen and oxygen atoms in total. The molecule has 1 rings (SSSR count). The first-order valence-corrected chi connectivity index (χ1v) is 4.31. The maximum Gasteiger partial charge on any atom is 0.0764 e. The van der Waals surface area contributed by atoms with E-state index in [4.69, 9.17) is 5.73 Å². The first-order chi connectivity index (χ1) is 6.25. The molecular formula is C9H16N4. The van der Waals surface area contributed by atoms with Crippen LogP contribution in [-0.4, -0.2) is 32.2 Å². The molecule has 0 aliphatic carbocycles. The summed E-state index contributed by atoms with van der Waals surface area (Å²) in [5, 5.41) is 3.22. The van der Waals surface area contributed by atoms with E-state index in [0.717, 1.165) is 17.9 Å². The zero-order valence-corrected chi connectivity index (χ0v) is 8.12. The van der Waals surface area contributed by atoms with Crippen molar-refractivity contribution in [2.45, 2.75) is 0 Å². The molecule has 0 amide bonds. The van der Waals surface area contributed by atoms with Gasteiger partial charge in [-0.2, -0.15) is 0 Å². The van der Waals surface area contributed by atoms with Crippen molar-refractivity contribution in [1.29, 1.82) is 0 Å². The number of hydrogen-bond donors (Lipinski definition) is 2. The molecule has 72 valence electrons. The maximum absolute atomic E-state index is 5.41. The fraction of sp³-hybridized carbons (Fsp3) is 0.444. The van der Waals surface area contributed by atoms with Crippen LogP contribution in [0.1, 0.15) is 0 Å². The molecule has 4 heteroatoms. The maximum atomic E-state index is 5.41. The van der Waals surface area contributed by atoms with E-state index >= 15 is 0 Å². The van der Waals surface area contributed by atoms with Crippen LogP contribution in [0, 0.1) is 0 Å². The van der Waals surface area contributed by atoms with Crippen LogP contribution in [0.15, 0.2) is 18.5 Å². The van der Waals surface area contributed by atoms with Gasteiger partial charge in [-0.1, -0.05) is 0 Å². The van der Waals surface area contributed by atoms with E-state index in [-0.39, 0.29) is 0 Å². The quantitative estimate of drug-likeness (QED) is 0.709. The van der Waals surface area contributed by atoms with E-state index in [1.165, 1.54) is 0 Å². The molecule has 1 aromatic rings. The summed E-state index contributed by atoms with van der Waals surface area (Å²) in [6, 6.07) is 1.97. The fourth-order valence-corrected chi connectivity index (χ4v) is 1.12. The molecule has 1 aromatic heterocycles. The second-order valence-corrected chi connectivity index (χ2v) is 3.00. The standard InChI is InChI=1S/C9H16N4/c1-13(2)9-3-5-11-7-8(9)12-6-4-10/h3,5,7,12H,4,6,10H2,1-2H3. The summed E-state index contributed by atoms with van der Waals surface area (Å²) in [5.41, 5.74) is 7.56. The molecule has 0 atom stereocenters. The van der Waals surface area contributed by atoms with E-state index in [0.29, 0.717) is 6.54 Å². The SMILES string of the molecule is CN(C)c1ccncc1NCCN. The van der Waals surface area contributed by atoms with Gasteiger partial charge in [0.15, 0.2) is 0 Å². The predicted octanol–water partition coefficient (Wildman–Crippen LogP) is 0.518. The lowest BCUT2D eigenvalue weighted by molar-refractivity contribution is 1.01. The zero-order valence-electron chi connectivity index (χ0n) is 8.12. The Bertz CT molecular complexity index is 260. The van der Waals surface area contributed by atoms with Crippen molar-refractivity contribution >= 4 is 11.4 Å². The summed E-state index contributed by atoms with van der Waals surface area (Å²) in [6.07, 6.45) is 3.59. The third-order valence-electron chi connectivity index (χ3n) is 1.74. The largest absolute Gasteiger partial charge is 0.381 e. The number of nitrogens with two attached hydrogens (primary N) is 1. The summed E-state index contributed by atoms with van der Waals surface area (Å²) in [6.45, 7) is 1.40. The Morgan fingerprint density at radius 3 is 2.92 bits per heavy atom. The Hall–Kier alpha value is -1.29. The van der Waals surface area contributed by atoms with Crippen LogP contribution in [0.4, 0.5) is 11.4 Å². The number of nitrogens with zero attached hydrogens (tertiary/aromatic N) is 2. The van der Waals surface area contributed by atoms with Crippen LogP contribution in [-0.2, 0) is 0 Å². The summed E-state index contributed by atoms with van der Waals surface area (Å²) in [4.78, 5) is 6.09. The molecule has 0 fully saturated rings. The van der Waals surface area contributed by atoms with Gasteiger partial charge in [0.05, 0.1) is 17.6 Å². The monoisotopic (exact) mass is 180 g/mol. The average molecular weight is 180 g/mol. The van der Waals surface area contributed by atoms with Crippen LogP contribution in [0.3, 0.4) is 0 Å². The van der Waals surface area contributed by atoms with Gasteiger partial charge in [0.25, 0.3) is 0 Å². The molecular weight excluding hydrogens is 164 g/mol. The van der Waals surface area contributed by atoms with E-state index in [2.05, 4.69) is 10.3 Å². The Morgan fingerprint density at radius 2 is 2.31 bits per heavy atom. The fourth-order valence-electron chi connectivity index (χ4n) is 1.12. The van der Waals surface area contributed by atoms with Gasteiger partial charge in [-0.25, -0.2) is 0 Å². The summed E-state index contributed by atoms with van der Waals surface area (Å²) >= 11 is 0. The first-order valence-electron chi connectivity index (χ1n) is 4.31. The van der Waals surface area contributed by atoms with Gasteiger partial charge in [-0.05, 0) is 6.07 Å². The van der Waals surface area contributed by atoms with Gasteiger partial charge < -0.3 is 16.0 Å². The number of hydrogen-bond acceptors (Lipinski definition) is 4. The lowest BCUT2D eigenvalue weighted by atomic mass is 10.3. The van der Waals surface area contributed by atoms with Gasteiger partial charge in [0.1, 0.15) is 0 Å². The lowest BCUT2D eigenvalue weighted by Gasteiger charge is -2.17. The topological polar surface area (TPSA) is 54.2 Å². The minimum absolute atomic E-state index is 0.627. The van der Waals surface area contributed by atoms with E-state index in [9.17, 15) is 0 Å². The second kappa shape index (κ2) is 4.67. The van der Waals surface area contributed by atoms with E-state index < -0.39 is 0 Å². The Balaban J connectivity index is 2.78. The number of pyridine rings is 1. The number of anilines is 2. The van der Waals surface area contributed by atoms with Gasteiger partial charge >= 0.3 is 0 Å².